The third-order valence-electron chi connectivity index (χ3n) is 2.23. The zero-order chi connectivity index (χ0) is 11.4. The number of furan rings is 1. The Labute approximate surface area is 93.8 Å². The van der Waals surface area contributed by atoms with Gasteiger partial charge in [-0.25, -0.2) is 0 Å². The smallest absolute Gasteiger partial charge is 0.222 e. The van der Waals surface area contributed by atoms with Gasteiger partial charge in [0.25, 0.3) is 0 Å². The fourth-order valence-corrected chi connectivity index (χ4v) is 1.44. The maximum Gasteiger partial charge on any atom is 0.222 e. The highest BCUT2D eigenvalue weighted by atomic mass is 16.3. The zero-order valence-corrected chi connectivity index (χ0v) is 9.07. The van der Waals surface area contributed by atoms with Gasteiger partial charge in [-0.2, -0.15) is 0 Å². The van der Waals surface area contributed by atoms with Crippen LogP contribution in [0.25, 0.3) is 11.0 Å². The van der Waals surface area contributed by atoms with Crippen LogP contribution in [0.15, 0.2) is 47.0 Å². The Morgan fingerprint density at radius 2 is 2.25 bits per heavy atom. The minimum Gasteiger partial charge on any atom is -0.453 e. The van der Waals surface area contributed by atoms with Crippen molar-refractivity contribution in [1.29, 1.82) is 0 Å². The molecule has 1 aromatic carbocycles. The van der Waals surface area contributed by atoms with E-state index in [0.717, 1.165) is 17.5 Å². The fraction of sp³-hybridized carbons (Fsp3) is 0.154. The molecule has 0 radical (unpaired) electrons. The molecule has 0 fully saturated rings. The van der Waals surface area contributed by atoms with Crippen molar-refractivity contribution >= 4 is 16.8 Å². The lowest BCUT2D eigenvalue weighted by Gasteiger charge is -1.90. The number of ketones is 1. The van der Waals surface area contributed by atoms with Crippen LogP contribution in [0.5, 0.6) is 0 Å². The molecule has 0 aliphatic rings. The molecule has 2 rings (SSSR count). The van der Waals surface area contributed by atoms with Gasteiger partial charge in [-0.05, 0) is 19.1 Å². The number of nitrogens with one attached hydrogen (secondary N) is 1. The summed E-state index contributed by atoms with van der Waals surface area (Å²) < 4.78 is 5.43. The second-order valence-corrected chi connectivity index (χ2v) is 3.40. The van der Waals surface area contributed by atoms with Gasteiger partial charge in [0.2, 0.25) is 5.78 Å². The van der Waals surface area contributed by atoms with Gasteiger partial charge in [0.1, 0.15) is 5.58 Å². The number of benzene rings is 1. The molecule has 3 heteroatoms. The minimum atomic E-state index is -0.128. The third kappa shape index (κ3) is 2.14. The van der Waals surface area contributed by atoms with E-state index >= 15 is 0 Å². The van der Waals surface area contributed by atoms with Crippen LogP contribution in [0.3, 0.4) is 0 Å². The van der Waals surface area contributed by atoms with Crippen molar-refractivity contribution in [3.63, 3.8) is 0 Å². The quantitative estimate of drug-likeness (QED) is 0.630. The summed E-state index contributed by atoms with van der Waals surface area (Å²) in [7, 11) is 0. The molecule has 0 amide bonds. The summed E-state index contributed by atoms with van der Waals surface area (Å²) in [5, 5.41) is 3.89. The van der Waals surface area contributed by atoms with Crippen LogP contribution in [-0.2, 0) is 0 Å². The van der Waals surface area contributed by atoms with Crippen molar-refractivity contribution in [1.82, 2.24) is 5.32 Å². The Morgan fingerprint density at radius 1 is 1.44 bits per heavy atom. The second kappa shape index (κ2) is 4.66. The molecule has 16 heavy (non-hydrogen) atoms. The van der Waals surface area contributed by atoms with Crippen LogP contribution >= 0.6 is 0 Å². The van der Waals surface area contributed by atoms with Crippen LogP contribution in [0, 0.1) is 0 Å². The first-order chi connectivity index (χ1) is 7.81. The molecule has 0 atom stereocenters. The van der Waals surface area contributed by atoms with Gasteiger partial charge >= 0.3 is 0 Å². The molecule has 82 valence electrons. The minimum absolute atomic E-state index is 0.128. The molecule has 1 N–H and O–H groups in total. The van der Waals surface area contributed by atoms with E-state index in [1.807, 2.05) is 31.2 Å². The molecule has 0 saturated carbocycles. The normalized spacial score (nSPS) is 11.1. The van der Waals surface area contributed by atoms with Crippen molar-refractivity contribution in [3.05, 3.63) is 48.4 Å². The lowest BCUT2D eigenvalue weighted by molar-refractivity contribution is 0.102. The van der Waals surface area contributed by atoms with E-state index in [1.165, 1.54) is 6.08 Å². The van der Waals surface area contributed by atoms with E-state index in [-0.39, 0.29) is 5.78 Å². The molecule has 2 aromatic rings. The summed E-state index contributed by atoms with van der Waals surface area (Å²) in [6, 6.07) is 9.33. The second-order valence-electron chi connectivity index (χ2n) is 3.40. The maximum atomic E-state index is 11.7. The summed E-state index contributed by atoms with van der Waals surface area (Å²) in [4.78, 5) is 11.7. The van der Waals surface area contributed by atoms with Crippen LogP contribution in [-0.4, -0.2) is 12.3 Å². The molecule has 0 spiro atoms. The molecule has 0 aliphatic heterocycles. The van der Waals surface area contributed by atoms with E-state index in [2.05, 4.69) is 5.32 Å². The number of hydrogen-bond acceptors (Lipinski definition) is 3. The molecule has 1 heterocycles. The number of rotatable bonds is 4. The van der Waals surface area contributed by atoms with Gasteiger partial charge < -0.3 is 9.73 Å². The monoisotopic (exact) mass is 215 g/mol. The number of para-hydroxylation sites is 1. The highest BCUT2D eigenvalue weighted by molar-refractivity contribution is 6.04. The van der Waals surface area contributed by atoms with E-state index < -0.39 is 0 Å². The van der Waals surface area contributed by atoms with Crippen molar-refractivity contribution in [2.24, 2.45) is 0 Å². The van der Waals surface area contributed by atoms with Crippen LogP contribution in [0.1, 0.15) is 17.5 Å². The van der Waals surface area contributed by atoms with Crippen molar-refractivity contribution in [2.45, 2.75) is 6.92 Å². The van der Waals surface area contributed by atoms with Crippen LogP contribution < -0.4 is 5.32 Å². The molecule has 3 nitrogen and oxygen atoms in total. The number of allylic oxidation sites excluding steroid dienone is 1. The largest absolute Gasteiger partial charge is 0.453 e. The van der Waals surface area contributed by atoms with Crippen LogP contribution in [0.2, 0.25) is 0 Å². The van der Waals surface area contributed by atoms with Gasteiger partial charge in [0, 0.05) is 24.2 Å². The molecule has 0 unspecified atom stereocenters. The highest BCUT2D eigenvalue weighted by Gasteiger charge is 2.08. The van der Waals surface area contributed by atoms with Crippen molar-refractivity contribution < 1.29 is 9.21 Å². The number of fused-ring (bicyclic) bond motifs is 1. The standard InChI is InChI=1S/C13H13NO2/c1-2-14-8-7-11(15)13-9-10-5-3-4-6-12(10)16-13/h3-9,14H,2H2,1H3. The zero-order valence-electron chi connectivity index (χ0n) is 9.07. The Bertz CT molecular complexity index is 492. The summed E-state index contributed by atoms with van der Waals surface area (Å²) in [6.07, 6.45) is 3.11. The lowest BCUT2D eigenvalue weighted by atomic mass is 10.2. The van der Waals surface area contributed by atoms with Gasteiger partial charge in [0.15, 0.2) is 5.76 Å². The predicted octanol–water partition coefficient (Wildman–Crippen LogP) is 2.74. The SMILES string of the molecule is CCNC=CC(=O)c1cc2ccccc2o1. The van der Waals surface area contributed by atoms with Gasteiger partial charge in [-0.3, -0.25) is 4.79 Å². The summed E-state index contributed by atoms with van der Waals surface area (Å²) in [6.45, 7) is 2.76. The fourth-order valence-electron chi connectivity index (χ4n) is 1.44. The molecule has 1 aromatic heterocycles. The number of carbonyl (C=O) groups excluding carboxylic acids is 1. The van der Waals surface area contributed by atoms with E-state index in [9.17, 15) is 4.79 Å². The average Bonchev–Trinajstić information content (AvgIpc) is 2.73. The Morgan fingerprint density at radius 3 is 3.00 bits per heavy atom. The predicted molar refractivity (Wildman–Crippen MR) is 63.4 cm³/mol. The highest BCUT2D eigenvalue weighted by Crippen LogP contribution is 2.19. The summed E-state index contributed by atoms with van der Waals surface area (Å²) in [5.41, 5.74) is 0.739. The Hall–Kier alpha value is -2.03. The summed E-state index contributed by atoms with van der Waals surface area (Å²) >= 11 is 0. The molecular formula is C13H13NO2. The van der Waals surface area contributed by atoms with Crippen molar-refractivity contribution in [2.75, 3.05) is 6.54 Å². The summed E-state index contributed by atoms with van der Waals surface area (Å²) in [5.74, 6) is 0.243. The molecule has 0 bridgehead atoms. The molecule has 0 aliphatic carbocycles. The van der Waals surface area contributed by atoms with Gasteiger partial charge in [-0.15, -0.1) is 0 Å². The third-order valence-corrected chi connectivity index (χ3v) is 2.23. The van der Waals surface area contributed by atoms with Gasteiger partial charge in [0.05, 0.1) is 0 Å². The van der Waals surface area contributed by atoms with Gasteiger partial charge in [-0.1, -0.05) is 18.2 Å². The first-order valence-electron chi connectivity index (χ1n) is 5.24. The van der Waals surface area contributed by atoms with Crippen LogP contribution in [0.4, 0.5) is 0 Å². The Balaban J connectivity index is 2.23. The first-order valence-corrected chi connectivity index (χ1v) is 5.24. The number of carbonyl (C=O) groups is 1. The average molecular weight is 215 g/mol. The Kier molecular flexibility index (Phi) is 3.05. The molecular weight excluding hydrogens is 202 g/mol. The van der Waals surface area contributed by atoms with E-state index in [4.69, 9.17) is 4.42 Å². The van der Waals surface area contributed by atoms with E-state index in [0.29, 0.717) is 5.76 Å². The first kappa shape index (κ1) is 10.5. The molecule has 0 saturated heterocycles. The lowest BCUT2D eigenvalue weighted by Crippen LogP contribution is -2.03. The van der Waals surface area contributed by atoms with Crippen molar-refractivity contribution in [3.8, 4) is 0 Å². The maximum absolute atomic E-state index is 11.7. The topological polar surface area (TPSA) is 42.2 Å². The number of hydrogen-bond donors (Lipinski definition) is 1. The van der Waals surface area contributed by atoms with E-state index in [1.54, 1.807) is 12.3 Å².